The lowest BCUT2D eigenvalue weighted by molar-refractivity contribution is -0.158. The zero-order valence-corrected chi connectivity index (χ0v) is 23.9. The Labute approximate surface area is 227 Å². The molecule has 3 aromatic heterocycles. The summed E-state index contributed by atoms with van der Waals surface area (Å²) in [7, 11) is 0. The molecule has 0 aliphatic heterocycles. The fourth-order valence-corrected chi connectivity index (χ4v) is 4.94. The van der Waals surface area contributed by atoms with Crippen LogP contribution in [0.15, 0.2) is 39.4 Å². The van der Waals surface area contributed by atoms with Crippen molar-refractivity contribution in [2.75, 3.05) is 6.61 Å². The van der Waals surface area contributed by atoms with Gasteiger partial charge < -0.3 is 23.6 Å². The van der Waals surface area contributed by atoms with Gasteiger partial charge in [0.25, 0.3) is 0 Å². The standard InChI is InChI=1S/C29H35N3O5S/c1-8-34-28(33)29(6,7)37-26-17(2)11-21(12-18(26)3)14-30-15-25-31-22(16-35-25)13-23-20(5)36-27(32-23)24-10-9-19(4)38-24/h9-12,16,30H,8,13-15H2,1-7H3. The van der Waals surface area contributed by atoms with E-state index in [9.17, 15) is 4.79 Å². The van der Waals surface area contributed by atoms with Gasteiger partial charge in [0, 0.05) is 17.8 Å². The highest BCUT2D eigenvalue weighted by atomic mass is 32.1. The van der Waals surface area contributed by atoms with Crippen molar-refractivity contribution in [2.45, 2.75) is 73.6 Å². The van der Waals surface area contributed by atoms with E-state index in [1.54, 1.807) is 38.4 Å². The van der Waals surface area contributed by atoms with Crippen LogP contribution in [0.2, 0.25) is 0 Å². The number of esters is 1. The summed E-state index contributed by atoms with van der Waals surface area (Å²) in [4.78, 5) is 23.8. The maximum atomic E-state index is 12.2. The molecular formula is C29H35N3O5S. The van der Waals surface area contributed by atoms with Crippen molar-refractivity contribution >= 4 is 17.3 Å². The molecule has 0 spiro atoms. The van der Waals surface area contributed by atoms with Gasteiger partial charge in [0.15, 0.2) is 5.60 Å². The molecule has 0 aliphatic rings. The van der Waals surface area contributed by atoms with Crippen LogP contribution in [0, 0.1) is 27.7 Å². The average molecular weight is 538 g/mol. The average Bonchev–Trinajstić information content (AvgIpc) is 3.57. The van der Waals surface area contributed by atoms with E-state index in [1.807, 2.05) is 26.8 Å². The van der Waals surface area contributed by atoms with Crippen molar-refractivity contribution in [2.24, 2.45) is 0 Å². The second-order valence-corrected chi connectivity index (χ2v) is 11.1. The number of aromatic nitrogens is 2. The third-order valence-electron chi connectivity index (χ3n) is 6.04. The number of hydrogen-bond acceptors (Lipinski definition) is 9. The summed E-state index contributed by atoms with van der Waals surface area (Å²) in [6.45, 7) is 14.6. The first kappa shape index (κ1) is 27.6. The molecule has 4 aromatic rings. The van der Waals surface area contributed by atoms with E-state index in [2.05, 4.69) is 40.4 Å². The first-order valence-corrected chi connectivity index (χ1v) is 13.5. The molecular weight excluding hydrogens is 502 g/mol. The fourth-order valence-electron chi connectivity index (χ4n) is 4.15. The zero-order chi connectivity index (χ0) is 27.4. The zero-order valence-electron chi connectivity index (χ0n) is 23.1. The second kappa shape index (κ2) is 11.5. The van der Waals surface area contributed by atoms with Gasteiger partial charge in [-0.05, 0) is 77.3 Å². The Morgan fingerprint density at radius 1 is 1.08 bits per heavy atom. The van der Waals surface area contributed by atoms with E-state index in [1.165, 1.54) is 4.88 Å². The Morgan fingerprint density at radius 3 is 2.47 bits per heavy atom. The Kier molecular flexibility index (Phi) is 8.38. The number of aryl methyl sites for hydroxylation is 4. The van der Waals surface area contributed by atoms with E-state index >= 15 is 0 Å². The molecule has 1 aromatic carbocycles. The number of rotatable bonds is 11. The van der Waals surface area contributed by atoms with Crippen LogP contribution >= 0.6 is 11.3 Å². The van der Waals surface area contributed by atoms with Crippen molar-refractivity contribution in [3.8, 4) is 16.5 Å². The molecule has 4 rings (SSSR count). The predicted molar refractivity (Wildman–Crippen MR) is 146 cm³/mol. The van der Waals surface area contributed by atoms with Gasteiger partial charge in [-0.3, -0.25) is 0 Å². The molecule has 0 fully saturated rings. The summed E-state index contributed by atoms with van der Waals surface area (Å²) in [6, 6.07) is 8.20. The molecule has 0 bridgehead atoms. The minimum Gasteiger partial charge on any atom is -0.476 e. The molecule has 0 atom stereocenters. The lowest BCUT2D eigenvalue weighted by Gasteiger charge is -2.26. The molecule has 38 heavy (non-hydrogen) atoms. The molecule has 8 nitrogen and oxygen atoms in total. The molecule has 1 N–H and O–H groups in total. The number of nitrogens with one attached hydrogen (secondary N) is 1. The van der Waals surface area contributed by atoms with Crippen LogP contribution in [-0.4, -0.2) is 28.1 Å². The summed E-state index contributed by atoms with van der Waals surface area (Å²) < 4.78 is 22.8. The number of hydrogen-bond donors (Lipinski definition) is 1. The summed E-state index contributed by atoms with van der Waals surface area (Å²) >= 11 is 1.66. The Hall–Kier alpha value is -3.43. The normalized spacial score (nSPS) is 11.7. The van der Waals surface area contributed by atoms with E-state index in [0.717, 1.165) is 38.7 Å². The summed E-state index contributed by atoms with van der Waals surface area (Å²) in [5.74, 6) is 2.36. The smallest absolute Gasteiger partial charge is 0.349 e. The Bertz CT molecular complexity index is 1390. The number of carbonyl (C=O) groups is 1. The Balaban J connectivity index is 1.33. The first-order valence-electron chi connectivity index (χ1n) is 12.7. The SMILES string of the molecule is CCOC(=O)C(C)(C)Oc1c(C)cc(CNCc2nc(Cc3nc(-c4ccc(C)s4)oc3C)co2)cc1C. The third-order valence-corrected chi connectivity index (χ3v) is 7.03. The van der Waals surface area contributed by atoms with Crippen LogP contribution in [0.4, 0.5) is 0 Å². The van der Waals surface area contributed by atoms with Gasteiger partial charge in [0.1, 0.15) is 17.8 Å². The fraction of sp³-hybridized carbons (Fsp3) is 0.414. The van der Waals surface area contributed by atoms with Gasteiger partial charge in [-0.15, -0.1) is 11.3 Å². The number of benzene rings is 1. The van der Waals surface area contributed by atoms with Crippen molar-refractivity contribution in [3.63, 3.8) is 0 Å². The molecule has 0 amide bonds. The summed E-state index contributed by atoms with van der Waals surface area (Å²) in [5, 5.41) is 3.39. The largest absolute Gasteiger partial charge is 0.476 e. The molecule has 0 aliphatic carbocycles. The highest BCUT2D eigenvalue weighted by molar-refractivity contribution is 7.15. The van der Waals surface area contributed by atoms with Gasteiger partial charge in [-0.2, -0.15) is 0 Å². The van der Waals surface area contributed by atoms with E-state index < -0.39 is 5.60 Å². The van der Waals surface area contributed by atoms with Gasteiger partial charge in [-0.1, -0.05) is 12.1 Å². The Morgan fingerprint density at radius 2 is 1.82 bits per heavy atom. The van der Waals surface area contributed by atoms with Crippen LogP contribution in [0.25, 0.3) is 10.8 Å². The van der Waals surface area contributed by atoms with E-state index in [-0.39, 0.29) is 5.97 Å². The van der Waals surface area contributed by atoms with Gasteiger partial charge in [0.05, 0.1) is 29.4 Å². The van der Waals surface area contributed by atoms with Crippen LogP contribution < -0.4 is 10.1 Å². The molecule has 9 heteroatoms. The summed E-state index contributed by atoms with van der Waals surface area (Å²) in [6.07, 6.45) is 2.22. The molecule has 202 valence electrons. The minimum atomic E-state index is -1.07. The topological polar surface area (TPSA) is 99.6 Å². The molecule has 0 radical (unpaired) electrons. The quantitative estimate of drug-likeness (QED) is 0.225. The van der Waals surface area contributed by atoms with Gasteiger partial charge >= 0.3 is 5.97 Å². The lowest BCUT2D eigenvalue weighted by atomic mass is 10.0. The van der Waals surface area contributed by atoms with Crippen molar-refractivity contribution in [3.05, 3.63) is 75.1 Å². The molecule has 0 saturated carbocycles. The lowest BCUT2D eigenvalue weighted by Crippen LogP contribution is -2.40. The first-order chi connectivity index (χ1) is 18.1. The highest BCUT2D eigenvalue weighted by Crippen LogP contribution is 2.30. The maximum Gasteiger partial charge on any atom is 0.349 e. The number of thiophene rings is 1. The minimum absolute atomic E-state index is 0.316. The van der Waals surface area contributed by atoms with Crippen LogP contribution in [0.1, 0.15) is 65.4 Å². The summed E-state index contributed by atoms with van der Waals surface area (Å²) in [5.41, 5.74) is 3.61. The van der Waals surface area contributed by atoms with Crippen LogP contribution in [0.3, 0.4) is 0 Å². The van der Waals surface area contributed by atoms with Crippen LogP contribution in [-0.2, 0) is 29.0 Å². The maximum absolute atomic E-state index is 12.2. The van der Waals surface area contributed by atoms with Crippen molar-refractivity contribution < 1.29 is 23.1 Å². The number of ether oxygens (including phenoxy) is 2. The molecule has 0 saturated heterocycles. The number of carbonyl (C=O) groups excluding carboxylic acids is 1. The monoisotopic (exact) mass is 537 g/mol. The van der Waals surface area contributed by atoms with Crippen molar-refractivity contribution in [1.82, 2.24) is 15.3 Å². The van der Waals surface area contributed by atoms with Crippen molar-refractivity contribution in [1.29, 1.82) is 0 Å². The second-order valence-electron chi connectivity index (χ2n) is 9.84. The van der Waals surface area contributed by atoms with Gasteiger partial charge in [0.2, 0.25) is 11.8 Å². The molecule has 0 unspecified atom stereocenters. The van der Waals surface area contributed by atoms with Crippen LogP contribution in [0.5, 0.6) is 5.75 Å². The van der Waals surface area contributed by atoms with Gasteiger partial charge in [-0.25, -0.2) is 14.8 Å². The highest BCUT2D eigenvalue weighted by Gasteiger charge is 2.32. The van der Waals surface area contributed by atoms with E-state index in [0.29, 0.717) is 43.6 Å². The number of oxazole rings is 2. The van der Waals surface area contributed by atoms with E-state index in [4.69, 9.17) is 18.3 Å². The predicted octanol–water partition coefficient (Wildman–Crippen LogP) is 6.23. The molecule has 3 heterocycles. The third kappa shape index (κ3) is 6.52. The number of nitrogens with zero attached hydrogens (tertiary/aromatic N) is 2.